The molecule has 0 bridgehead atoms. The van der Waals surface area contributed by atoms with Crippen molar-refractivity contribution in [1.29, 1.82) is 0 Å². The SMILES string of the molecule is Cc1cc(C)c(S(=O)(=O)N2c3ccc(Br)cc3CC2C)c(C)c1. The molecule has 122 valence electrons. The number of halogens is 1. The maximum absolute atomic E-state index is 13.4. The normalized spacial score (nSPS) is 17.4. The number of fused-ring (bicyclic) bond motifs is 1. The van der Waals surface area contributed by atoms with E-state index in [-0.39, 0.29) is 6.04 Å². The van der Waals surface area contributed by atoms with Gasteiger partial charge in [0.25, 0.3) is 10.0 Å². The first-order valence-electron chi connectivity index (χ1n) is 7.62. The fourth-order valence-corrected chi connectivity index (χ4v) is 6.13. The number of aryl methyl sites for hydroxylation is 3. The predicted molar refractivity (Wildman–Crippen MR) is 97.6 cm³/mol. The molecule has 23 heavy (non-hydrogen) atoms. The molecular weight excluding hydrogens is 374 g/mol. The molecule has 0 aliphatic carbocycles. The molecule has 0 N–H and O–H groups in total. The molecular formula is C18H20BrNO2S. The third-order valence-electron chi connectivity index (χ3n) is 4.32. The van der Waals surface area contributed by atoms with Gasteiger partial charge < -0.3 is 0 Å². The highest BCUT2D eigenvalue weighted by Gasteiger charge is 2.37. The Kier molecular flexibility index (Phi) is 4.05. The van der Waals surface area contributed by atoms with Crippen LogP contribution in [0.2, 0.25) is 0 Å². The van der Waals surface area contributed by atoms with Crippen molar-refractivity contribution in [2.45, 2.75) is 45.1 Å². The lowest BCUT2D eigenvalue weighted by atomic mass is 10.1. The highest BCUT2D eigenvalue weighted by molar-refractivity contribution is 9.10. The van der Waals surface area contributed by atoms with Gasteiger partial charge in [0, 0.05) is 10.5 Å². The van der Waals surface area contributed by atoms with E-state index < -0.39 is 10.0 Å². The van der Waals surface area contributed by atoms with Crippen LogP contribution in [0.15, 0.2) is 39.7 Å². The molecule has 2 aromatic carbocycles. The van der Waals surface area contributed by atoms with Crippen LogP contribution in [-0.2, 0) is 16.4 Å². The lowest BCUT2D eigenvalue weighted by molar-refractivity contribution is 0.583. The van der Waals surface area contributed by atoms with Crippen LogP contribution in [0, 0.1) is 20.8 Å². The summed E-state index contributed by atoms with van der Waals surface area (Å²) in [6.45, 7) is 7.69. The maximum atomic E-state index is 13.4. The van der Waals surface area contributed by atoms with Crippen molar-refractivity contribution in [3.8, 4) is 0 Å². The van der Waals surface area contributed by atoms with Crippen molar-refractivity contribution in [1.82, 2.24) is 0 Å². The first kappa shape index (κ1) is 16.5. The van der Waals surface area contributed by atoms with Gasteiger partial charge in [-0.2, -0.15) is 0 Å². The second-order valence-corrected chi connectivity index (χ2v) is 9.02. The summed E-state index contributed by atoms with van der Waals surface area (Å²) in [7, 11) is -3.57. The zero-order valence-corrected chi connectivity index (χ0v) is 16.1. The molecule has 1 aliphatic rings. The molecule has 3 rings (SSSR count). The number of sulfonamides is 1. The number of hydrogen-bond acceptors (Lipinski definition) is 2. The Morgan fingerprint density at radius 1 is 1.09 bits per heavy atom. The maximum Gasteiger partial charge on any atom is 0.265 e. The molecule has 1 unspecified atom stereocenters. The Morgan fingerprint density at radius 3 is 2.30 bits per heavy atom. The molecule has 5 heteroatoms. The number of benzene rings is 2. The average Bonchev–Trinajstić information content (AvgIpc) is 2.72. The van der Waals surface area contributed by atoms with Crippen molar-refractivity contribution in [3.05, 3.63) is 57.1 Å². The lowest BCUT2D eigenvalue weighted by Crippen LogP contribution is -2.36. The number of hydrogen-bond donors (Lipinski definition) is 0. The average molecular weight is 394 g/mol. The molecule has 0 saturated heterocycles. The molecule has 1 aliphatic heterocycles. The minimum absolute atomic E-state index is 0.0793. The summed E-state index contributed by atoms with van der Waals surface area (Å²) in [6, 6.07) is 9.58. The van der Waals surface area contributed by atoms with E-state index in [1.165, 1.54) is 0 Å². The number of rotatable bonds is 2. The van der Waals surface area contributed by atoms with E-state index in [9.17, 15) is 8.42 Å². The van der Waals surface area contributed by atoms with Crippen LogP contribution in [0.1, 0.15) is 29.2 Å². The van der Waals surface area contributed by atoms with Crippen LogP contribution in [0.3, 0.4) is 0 Å². The van der Waals surface area contributed by atoms with E-state index >= 15 is 0 Å². The number of nitrogens with zero attached hydrogens (tertiary/aromatic N) is 1. The van der Waals surface area contributed by atoms with E-state index in [2.05, 4.69) is 15.9 Å². The van der Waals surface area contributed by atoms with Crippen LogP contribution in [0.5, 0.6) is 0 Å². The van der Waals surface area contributed by atoms with Gasteiger partial charge in [-0.3, -0.25) is 4.31 Å². The summed E-state index contributed by atoms with van der Waals surface area (Å²) in [4.78, 5) is 0.436. The predicted octanol–water partition coefficient (Wildman–Crippen LogP) is 4.51. The van der Waals surface area contributed by atoms with Crippen LogP contribution in [0.4, 0.5) is 5.69 Å². The van der Waals surface area contributed by atoms with Crippen molar-refractivity contribution in [2.24, 2.45) is 0 Å². The second kappa shape index (κ2) is 5.64. The van der Waals surface area contributed by atoms with Crippen molar-refractivity contribution in [3.63, 3.8) is 0 Å². The van der Waals surface area contributed by atoms with Gasteiger partial charge in [-0.15, -0.1) is 0 Å². The minimum atomic E-state index is -3.57. The van der Waals surface area contributed by atoms with Crippen LogP contribution < -0.4 is 4.31 Å². The van der Waals surface area contributed by atoms with Gasteiger partial charge in [0.2, 0.25) is 0 Å². The summed E-state index contributed by atoms with van der Waals surface area (Å²) < 4.78 is 29.3. The second-order valence-electron chi connectivity index (χ2n) is 6.35. The molecule has 0 saturated carbocycles. The van der Waals surface area contributed by atoms with Crippen LogP contribution >= 0.6 is 15.9 Å². The van der Waals surface area contributed by atoms with Gasteiger partial charge in [-0.25, -0.2) is 8.42 Å². The standard InChI is InChI=1S/C18H20BrNO2S/c1-11-7-12(2)18(13(3)8-11)23(21,22)20-14(4)9-15-10-16(19)5-6-17(15)20/h5-8,10,14H,9H2,1-4H3. The molecule has 1 atom stereocenters. The fraction of sp³-hybridized carbons (Fsp3) is 0.333. The minimum Gasteiger partial charge on any atom is -0.263 e. The summed E-state index contributed by atoms with van der Waals surface area (Å²) in [5.74, 6) is 0. The van der Waals surface area contributed by atoms with E-state index in [0.717, 1.165) is 38.8 Å². The van der Waals surface area contributed by atoms with Crippen molar-refractivity contribution < 1.29 is 8.42 Å². The zero-order valence-electron chi connectivity index (χ0n) is 13.7. The van der Waals surface area contributed by atoms with Gasteiger partial charge in [0.15, 0.2) is 0 Å². The van der Waals surface area contributed by atoms with Gasteiger partial charge in [-0.1, -0.05) is 33.6 Å². The van der Waals surface area contributed by atoms with Gasteiger partial charge >= 0.3 is 0 Å². The van der Waals surface area contributed by atoms with Gasteiger partial charge in [0.1, 0.15) is 0 Å². The summed E-state index contributed by atoms with van der Waals surface area (Å²) >= 11 is 3.46. The lowest BCUT2D eigenvalue weighted by Gasteiger charge is -2.26. The fourth-order valence-electron chi connectivity index (χ4n) is 3.61. The molecule has 1 heterocycles. The summed E-state index contributed by atoms with van der Waals surface area (Å²) in [5, 5.41) is 0. The molecule has 0 spiro atoms. The third-order valence-corrected chi connectivity index (χ3v) is 7.04. The Labute approximate surface area is 146 Å². The van der Waals surface area contributed by atoms with Gasteiger partial charge in [-0.05, 0) is 69.0 Å². The quantitative estimate of drug-likeness (QED) is 0.752. The van der Waals surface area contributed by atoms with Gasteiger partial charge in [0.05, 0.1) is 10.6 Å². The van der Waals surface area contributed by atoms with Crippen molar-refractivity contribution in [2.75, 3.05) is 4.31 Å². The van der Waals surface area contributed by atoms with E-state index in [4.69, 9.17) is 0 Å². The van der Waals surface area contributed by atoms with E-state index in [0.29, 0.717) is 4.90 Å². The van der Waals surface area contributed by atoms with E-state index in [1.54, 1.807) is 4.31 Å². The summed E-state index contributed by atoms with van der Waals surface area (Å²) in [5.41, 5.74) is 4.55. The molecule has 0 radical (unpaired) electrons. The summed E-state index contributed by atoms with van der Waals surface area (Å²) in [6.07, 6.45) is 0.734. The Bertz CT molecular complexity index is 867. The highest BCUT2D eigenvalue weighted by atomic mass is 79.9. The first-order valence-corrected chi connectivity index (χ1v) is 9.86. The number of anilines is 1. The highest BCUT2D eigenvalue weighted by Crippen LogP contribution is 2.39. The molecule has 0 aromatic heterocycles. The smallest absolute Gasteiger partial charge is 0.263 e. The molecule has 0 amide bonds. The van der Waals surface area contributed by atoms with Crippen LogP contribution in [0.25, 0.3) is 0 Å². The largest absolute Gasteiger partial charge is 0.265 e. The van der Waals surface area contributed by atoms with E-state index in [1.807, 2.05) is 58.0 Å². The molecule has 3 nitrogen and oxygen atoms in total. The molecule has 2 aromatic rings. The molecule has 0 fully saturated rings. The van der Waals surface area contributed by atoms with Crippen molar-refractivity contribution >= 4 is 31.6 Å². The Balaban J connectivity index is 2.19. The van der Waals surface area contributed by atoms with Crippen LogP contribution in [-0.4, -0.2) is 14.5 Å². The zero-order chi connectivity index (χ0) is 16.9. The Hall–Kier alpha value is -1.33. The topological polar surface area (TPSA) is 37.4 Å². The third kappa shape index (κ3) is 2.70. The monoisotopic (exact) mass is 393 g/mol. The Morgan fingerprint density at radius 2 is 1.70 bits per heavy atom. The first-order chi connectivity index (χ1) is 10.7.